The second-order valence-corrected chi connectivity index (χ2v) is 5.33. The molecule has 0 radical (unpaired) electrons. The molecule has 3 rings (SSSR count). The standard InChI is InChI=1S/C16H11F4N5O/c1-9-14(23-24-25(9)13-4-2-12(17)3-5-13)22-15(26)10-6-11(8-21-7-10)16(18,19)20/h2-8H,1H3,(H,22,26). The van der Waals surface area contributed by atoms with E-state index in [2.05, 4.69) is 20.6 Å². The zero-order chi connectivity index (χ0) is 18.9. The summed E-state index contributed by atoms with van der Waals surface area (Å²) in [5.41, 5.74) is -0.366. The van der Waals surface area contributed by atoms with Gasteiger partial charge in [-0.2, -0.15) is 13.2 Å². The molecule has 1 amide bonds. The molecule has 2 aromatic heterocycles. The number of rotatable bonds is 3. The Labute approximate surface area is 144 Å². The highest BCUT2D eigenvalue weighted by atomic mass is 19.4. The predicted molar refractivity (Wildman–Crippen MR) is 83.2 cm³/mol. The minimum absolute atomic E-state index is 0.0664. The summed E-state index contributed by atoms with van der Waals surface area (Å²) in [6.07, 6.45) is -2.96. The molecular formula is C16H11F4N5O. The van der Waals surface area contributed by atoms with Crippen molar-refractivity contribution in [3.05, 3.63) is 65.4 Å². The molecule has 0 saturated heterocycles. The van der Waals surface area contributed by atoms with Gasteiger partial charge in [0, 0.05) is 12.4 Å². The van der Waals surface area contributed by atoms with Crippen molar-refractivity contribution in [1.82, 2.24) is 20.0 Å². The summed E-state index contributed by atoms with van der Waals surface area (Å²) in [4.78, 5) is 15.6. The van der Waals surface area contributed by atoms with E-state index in [4.69, 9.17) is 0 Å². The fraction of sp³-hybridized carbons (Fsp3) is 0.125. The molecule has 0 aliphatic carbocycles. The number of benzene rings is 1. The lowest BCUT2D eigenvalue weighted by Gasteiger charge is -2.08. The molecule has 0 aliphatic rings. The normalized spacial score (nSPS) is 11.4. The predicted octanol–water partition coefficient (Wildman–Crippen LogP) is 3.38. The van der Waals surface area contributed by atoms with Crippen LogP contribution in [0.3, 0.4) is 0 Å². The van der Waals surface area contributed by atoms with Crippen LogP contribution in [-0.2, 0) is 6.18 Å². The lowest BCUT2D eigenvalue weighted by Crippen LogP contribution is -2.15. The van der Waals surface area contributed by atoms with E-state index >= 15 is 0 Å². The number of alkyl halides is 3. The van der Waals surface area contributed by atoms with Crippen molar-refractivity contribution in [3.63, 3.8) is 0 Å². The minimum Gasteiger partial charge on any atom is -0.303 e. The van der Waals surface area contributed by atoms with E-state index in [0.29, 0.717) is 23.6 Å². The molecule has 134 valence electrons. The number of anilines is 1. The van der Waals surface area contributed by atoms with E-state index in [-0.39, 0.29) is 11.4 Å². The van der Waals surface area contributed by atoms with Gasteiger partial charge >= 0.3 is 6.18 Å². The molecule has 0 atom stereocenters. The summed E-state index contributed by atoms with van der Waals surface area (Å²) in [6.45, 7) is 1.60. The van der Waals surface area contributed by atoms with Crippen molar-refractivity contribution in [2.75, 3.05) is 5.32 Å². The van der Waals surface area contributed by atoms with Gasteiger partial charge in [-0.05, 0) is 37.3 Å². The molecule has 26 heavy (non-hydrogen) atoms. The van der Waals surface area contributed by atoms with Crippen LogP contribution in [0.4, 0.5) is 23.4 Å². The highest BCUT2D eigenvalue weighted by Crippen LogP contribution is 2.29. The van der Waals surface area contributed by atoms with Crippen LogP contribution in [0.2, 0.25) is 0 Å². The zero-order valence-electron chi connectivity index (χ0n) is 13.3. The topological polar surface area (TPSA) is 72.7 Å². The number of aromatic nitrogens is 4. The molecule has 2 heterocycles. The second kappa shape index (κ2) is 6.54. The van der Waals surface area contributed by atoms with Crippen molar-refractivity contribution < 1.29 is 22.4 Å². The lowest BCUT2D eigenvalue weighted by atomic mass is 10.2. The van der Waals surface area contributed by atoms with Crippen LogP contribution < -0.4 is 5.32 Å². The van der Waals surface area contributed by atoms with Crippen LogP contribution in [0, 0.1) is 12.7 Å². The highest BCUT2D eigenvalue weighted by Gasteiger charge is 2.31. The zero-order valence-corrected chi connectivity index (χ0v) is 13.3. The summed E-state index contributed by atoms with van der Waals surface area (Å²) in [7, 11) is 0. The van der Waals surface area contributed by atoms with Crippen LogP contribution >= 0.6 is 0 Å². The van der Waals surface area contributed by atoms with Gasteiger partial charge in [0.15, 0.2) is 5.82 Å². The van der Waals surface area contributed by atoms with Gasteiger partial charge in [-0.25, -0.2) is 9.07 Å². The third kappa shape index (κ3) is 3.53. The molecule has 1 aromatic carbocycles. The molecule has 10 heteroatoms. The molecular weight excluding hydrogens is 354 g/mol. The number of halogens is 4. The van der Waals surface area contributed by atoms with Gasteiger partial charge in [0.1, 0.15) is 5.82 Å². The molecule has 0 bridgehead atoms. The Morgan fingerprint density at radius 3 is 2.50 bits per heavy atom. The summed E-state index contributed by atoms with van der Waals surface area (Å²) in [5, 5.41) is 10.0. The van der Waals surface area contributed by atoms with Gasteiger partial charge in [0.05, 0.1) is 22.5 Å². The highest BCUT2D eigenvalue weighted by molar-refractivity contribution is 6.03. The number of amides is 1. The van der Waals surface area contributed by atoms with Crippen molar-refractivity contribution >= 4 is 11.7 Å². The first-order valence-corrected chi connectivity index (χ1v) is 7.27. The maximum absolute atomic E-state index is 13.0. The Bertz CT molecular complexity index is 950. The van der Waals surface area contributed by atoms with Gasteiger partial charge in [0.2, 0.25) is 0 Å². The summed E-state index contributed by atoms with van der Waals surface area (Å²) < 4.78 is 52.5. The number of carbonyl (C=O) groups excluding carboxylic acids is 1. The molecule has 0 aliphatic heterocycles. The third-order valence-electron chi connectivity index (χ3n) is 3.53. The van der Waals surface area contributed by atoms with Crippen LogP contribution in [0.1, 0.15) is 21.6 Å². The molecule has 3 aromatic rings. The molecule has 0 saturated carbocycles. The maximum Gasteiger partial charge on any atom is 0.417 e. The SMILES string of the molecule is Cc1c(NC(=O)c2cncc(C(F)(F)F)c2)nnn1-c1ccc(F)cc1. The van der Waals surface area contributed by atoms with Crippen molar-refractivity contribution in [2.45, 2.75) is 13.1 Å². The number of nitrogens with zero attached hydrogens (tertiary/aromatic N) is 4. The number of carbonyl (C=O) groups is 1. The third-order valence-corrected chi connectivity index (χ3v) is 3.53. The second-order valence-electron chi connectivity index (χ2n) is 5.33. The monoisotopic (exact) mass is 365 g/mol. The Morgan fingerprint density at radius 1 is 1.15 bits per heavy atom. The average Bonchev–Trinajstić information content (AvgIpc) is 2.96. The number of nitrogens with one attached hydrogen (secondary N) is 1. The first kappa shape index (κ1) is 17.5. The first-order valence-electron chi connectivity index (χ1n) is 7.27. The fourth-order valence-corrected chi connectivity index (χ4v) is 2.17. The van der Waals surface area contributed by atoms with Gasteiger partial charge in [-0.3, -0.25) is 9.78 Å². The molecule has 6 nitrogen and oxygen atoms in total. The maximum atomic E-state index is 13.0. The Balaban J connectivity index is 1.84. The van der Waals surface area contributed by atoms with E-state index < -0.39 is 23.5 Å². The van der Waals surface area contributed by atoms with E-state index in [1.807, 2.05) is 0 Å². The smallest absolute Gasteiger partial charge is 0.303 e. The molecule has 0 fully saturated rings. The first-order chi connectivity index (χ1) is 12.3. The quantitative estimate of drug-likeness (QED) is 0.723. The van der Waals surface area contributed by atoms with Crippen molar-refractivity contribution in [3.8, 4) is 5.69 Å². The van der Waals surface area contributed by atoms with E-state index in [9.17, 15) is 22.4 Å². The lowest BCUT2D eigenvalue weighted by molar-refractivity contribution is -0.137. The summed E-state index contributed by atoms with van der Waals surface area (Å²) in [6, 6.07) is 6.12. The Kier molecular flexibility index (Phi) is 4.41. The van der Waals surface area contributed by atoms with Crippen molar-refractivity contribution in [2.24, 2.45) is 0 Å². The van der Waals surface area contributed by atoms with Crippen LogP contribution in [0.25, 0.3) is 5.69 Å². The number of pyridine rings is 1. The largest absolute Gasteiger partial charge is 0.417 e. The fourth-order valence-electron chi connectivity index (χ4n) is 2.17. The van der Waals surface area contributed by atoms with Crippen LogP contribution in [0.5, 0.6) is 0 Å². The molecule has 0 unspecified atom stereocenters. The van der Waals surface area contributed by atoms with Crippen LogP contribution in [0.15, 0.2) is 42.7 Å². The summed E-state index contributed by atoms with van der Waals surface area (Å²) >= 11 is 0. The number of hydrogen-bond donors (Lipinski definition) is 1. The van der Waals surface area contributed by atoms with E-state index in [1.54, 1.807) is 6.92 Å². The number of hydrogen-bond acceptors (Lipinski definition) is 4. The van der Waals surface area contributed by atoms with Gasteiger partial charge in [-0.1, -0.05) is 5.21 Å². The van der Waals surface area contributed by atoms with Gasteiger partial charge in [-0.15, -0.1) is 5.10 Å². The Morgan fingerprint density at radius 2 is 1.85 bits per heavy atom. The molecule has 0 spiro atoms. The minimum atomic E-state index is -4.61. The van der Waals surface area contributed by atoms with E-state index in [0.717, 1.165) is 6.20 Å². The molecule has 1 N–H and O–H groups in total. The summed E-state index contributed by atoms with van der Waals surface area (Å²) in [5.74, 6) is -1.16. The van der Waals surface area contributed by atoms with Crippen LogP contribution in [-0.4, -0.2) is 25.9 Å². The van der Waals surface area contributed by atoms with E-state index in [1.165, 1.54) is 28.9 Å². The van der Waals surface area contributed by atoms with Crippen molar-refractivity contribution in [1.29, 1.82) is 0 Å². The van der Waals surface area contributed by atoms with Gasteiger partial charge < -0.3 is 5.32 Å². The van der Waals surface area contributed by atoms with Gasteiger partial charge in [0.25, 0.3) is 5.91 Å². The Hall–Kier alpha value is -3.30. The average molecular weight is 365 g/mol.